The molecule has 2 N–H and O–H groups in total. The van der Waals surface area contributed by atoms with Crippen molar-refractivity contribution in [3.8, 4) is 0 Å². The molecular formula is C35H37F5N2O6. The fourth-order valence-corrected chi connectivity index (χ4v) is 6.00. The maximum Gasteiger partial charge on any atom is 0.323 e. The summed E-state index contributed by atoms with van der Waals surface area (Å²) in [6.07, 6.45) is -0.590. The number of rotatable bonds is 8. The Balaban J connectivity index is 1.42. The Hall–Kier alpha value is -3.91. The van der Waals surface area contributed by atoms with E-state index >= 15 is 0 Å². The number of halogens is 5. The van der Waals surface area contributed by atoms with Gasteiger partial charge in [0.15, 0.2) is 29.6 Å². The van der Waals surface area contributed by atoms with E-state index in [0.717, 1.165) is 12.0 Å². The third-order valence-corrected chi connectivity index (χ3v) is 8.43. The van der Waals surface area contributed by atoms with E-state index in [-0.39, 0.29) is 24.2 Å². The van der Waals surface area contributed by atoms with Gasteiger partial charge in [0.25, 0.3) is 5.91 Å². The molecule has 5 rings (SSSR count). The Bertz CT molecular complexity index is 1640. The number of esters is 1. The number of nitrogens with zero attached hydrogens (tertiary/aromatic N) is 1. The minimum absolute atomic E-state index is 0.0165. The van der Waals surface area contributed by atoms with Crippen LogP contribution in [0.2, 0.25) is 0 Å². The van der Waals surface area contributed by atoms with Gasteiger partial charge in [-0.3, -0.25) is 14.5 Å². The minimum Gasteiger partial charge on any atom is -0.459 e. The van der Waals surface area contributed by atoms with Crippen LogP contribution in [0.4, 0.5) is 27.6 Å². The first-order chi connectivity index (χ1) is 22.7. The van der Waals surface area contributed by atoms with E-state index in [2.05, 4.69) is 5.32 Å². The van der Waals surface area contributed by atoms with Crippen LogP contribution in [-0.2, 0) is 25.6 Å². The molecule has 0 radical (unpaired) electrons. The van der Waals surface area contributed by atoms with Gasteiger partial charge in [-0.1, -0.05) is 43.3 Å². The molecule has 258 valence electrons. The Morgan fingerprint density at radius 3 is 2.21 bits per heavy atom. The fourth-order valence-electron chi connectivity index (χ4n) is 6.00. The number of anilines is 1. The van der Waals surface area contributed by atoms with E-state index in [0.29, 0.717) is 30.6 Å². The van der Waals surface area contributed by atoms with E-state index in [1.807, 2.05) is 44.7 Å². The number of aliphatic hydroxyl groups is 1. The number of ether oxygens (including phenoxy) is 3. The number of hydrogen-bond donors (Lipinski definition) is 2. The highest BCUT2D eigenvalue weighted by atomic mass is 19.2. The summed E-state index contributed by atoms with van der Waals surface area (Å²) in [7, 11) is 0. The zero-order valence-electron chi connectivity index (χ0n) is 26.9. The Labute approximate surface area is 274 Å². The monoisotopic (exact) mass is 676 g/mol. The second-order valence-electron chi connectivity index (χ2n) is 13.0. The fraction of sp³-hybridized carbons (Fsp3) is 0.429. The second kappa shape index (κ2) is 14.3. The van der Waals surface area contributed by atoms with E-state index in [1.165, 1.54) is 18.2 Å². The SMILES string of the molecule is C[C@H]1[C@@H](CN2CCC[C@H]2C(=O)OC(C)(C)C)O[C@@H](c2cccc(NC(=O)c3c(F)c(F)c(F)c(F)c3F)c2)O[C@H]1c1ccc(CO)cc1. The molecule has 0 aromatic heterocycles. The summed E-state index contributed by atoms with van der Waals surface area (Å²) in [5.74, 6) is -13.4. The summed E-state index contributed by atoms with van der Waals surface area (Å²) in [4.78, 5) is 27.8. The quantitative estimate of drug-likeness (QED) is 0.118. The summed E-state index contributed by atoms with van der Waals surface area (Å²) < 4.78 is 88.3. The molecular weight excluding hydrogens is 639 g/mol. The average Bonchev–Trinajstić information content (AvgIpc) is 3.52. The molecule has 8 nitrogen and oxygen atoms in total. The van der Waals surface area contributed by atoms with Crippen LogP contribution in [-0.4, -0.2) is 52.7 Å². The Morgan fingerprint density at radius 2 is 1.58 bits per heavy atom. The summed E-state index contributed by atoms with van der Waals surface area (Å²) >= 11 is 0. The molecule has 2 heterocycles. The number of likely N-dealkylation sites (tertiary alicyclic amines) is 1. The highest BCUT2D eigenvalue weighted by Gasteiger charge is 2.42. The Morgan fingerprint density at radius 1 is 0.938 bits per heavy atom. The number of benzene rings is 3. The van der Waals surface area contributed by atoms with Gasteiger partial charge >= 0.3 is 5.97 Å². The Kier molecular flexibility index (Phi) is 10.5. The van der Waals surface area contributed by atoms with Crippen molar-refractivity contribution in [1.29, 1.82) is 0 Å². The maximum atomic E-state index is 14.3. The first-order valence-electron chi connectivity index (χ1n) is 15.6. The predicted molar refractivity (Wildman–Crippen MR) is 164 cm³/mol. The molecule has 3 aromatic carbocycles. The van der Waals surface area contributed by atoms with Crippen LogP contribution in [0.5, 0.6) is 0 Å². The highest BCUT2D eigenvalue weighted by Crippen LogP contribution is 2.43. The van der Waals surface area contributed by atoms with Crippen LogP contribution in [0.3, 0.4) is 0 Å². The molecule has 3 aromatic rings. The van der Waals surface area contributed by atoms with Gasteiger partial charge in [0.1, 0.15) is 17.2 Å². The van der Waals surface area contributed by atoms with Crippen molar-refractivity contribution in [2.75, 3.05) is 18.4 Å². The van der Waals surface area contributed by atoms with E-state index in [9.17, 15) is 36.6 Å². The lowest BCUT2D eigenvalue weighted by atomic mass is 9.90. The van der Waals surface area contributed by atoms with Gasteiger partial charge in [-0.05, 0) is 63.4 Å². The van der Waals surface area contributed by atoms with E-state index in [4.69, 9.17) is 14.2 Å². The molecule has 0 unspecified atom stereocenters. The first kappa shape index (κ1) is 35.4. The molecule has 5 atom stereocenters. The van der Waals surface area contributed by atoms with Gasteiger partial charge in [-0.25, -0.2) is 22.0 Å². The van der Waals surface area contributed by atoms with Crippen LogP contribution in [0, 0.1) is 35.0 Å². The predicted octanol–water partition coefficient (Wildman–Crippen LogP) is 6.72. The zero-order valence-corrected chi connectivity index (χ0v) is 26.9. The summed E-state index contributed by atoms with van der Waals surface area (Å²) in [5, 5.41) is 11.7. The van der Waals surface area contributed by atoms with Crippen LogP contribution in [0.15, 0.2) is 48.5 Å². The number of nitrogens with one attached hydrogen (secondary N) is 1. The van der Waals surface area contributed by atoms with E-state index < -0.39 is 70.7 Å². The number of aliphatic hydroxyl groups excluding tert-OH is 1. The smallest absolute Gasteiger partial charge is 0.323 e. The van der Waals surface area contributed by atoms with Gasteiger partial charge in [-0.2, -0.15) is 0 Å². The summed E-state index contributed by atoms with van der Waals surface area (Å²) in [5.41, 5.74) is -0.379. The molecule has 0 aliphatic carbocycles. The largest absolute Gasteiger partial charge is 0.459 e. The lowest BCUT2D eigenvalue weighted by Crippen LogP contribution is -2.48. The number of carbonyl (C=O) groups is 2. The van der Waals surface area contributed by atoms with Crippen molar-refractivity contribution in [3.63, 3.8) is 0 Å². The minimum atomic E-state index is -2.37. The van der Waals surface area contributed by atoms with Crippen LogP contribution in [0.1, 0.15) is 80.0 Å². The highest BCUT2D eigenvalue weighted by molar-refractivity contribution is 6.04. The number of carbonyl (C=O) groups excluding carboxylic acids is 2. The van der Waals surface area contributed by atoms with E-state index in [1.54, 1.807) is 18.2 Å². The van der Waals surface area contributed by atoms with Gasteiger partial charge in [-0.15, -0.1) is 0 Å². The lowest BCUT2D eigenvalue weighted by Gasteiger charge is -2.43. The molecule has 2 saturated heterocycles. The lowest BCUT2D eigenvalue weighted by molar-refractivity contribution is -0.276. The van der Waals surface area contributed by atoms with Gasteiger partial charge < -0.3 is 24.6 Å². The molecule has 1 amide bonds. The summed E-state index contributed by atoms with van der Waals surface area (Å²) in [6.45, 7) is 8.27. The molecule has 2 aliphatic heterocycles. The number of amides is 1. The van der Waals surface area contributed by atoms with Crippen molar-refractivity contribution < 1.29 is 50.9 Å². The third-order valence-electron chi connectivity index (χ3n) is 8.43. The zero-order chi connectivity index (χ0) is 34.9. The average molecular weight is 677 g/mol. The number of hydrogen-bond acceptors (Lipinski definition) is 7. The summed E-state index contributed by atoms with van der Waals surface area (Å²) in [6, 6.07) is 12.7. The van der Waals surface area contributed by atoms with Crippen molar-refractivity contribution >= 4 is 17.6 Å². The molecule has 0 saturated carbocycles. The van der Waals surface area contributed by atoms with Crippen molar-refractivity contribution in [2.45, 2.75) is 77.3 Å². The molecule has 2 fully saturated rings. The topological polar surface area (TPSA) is 97.3 Å². The van der Waals surface area contributed by atoms with Crippen LogP contribution >= 0.6 is 0 Å². The third kappa shape index (κ3) is 7.54. The molecule has 48 heavy (non-hydrogen) atoms. The standard InChI is InChI=1S/C35H37F5N2O6/c1-18-24(16-42-14-6-9-23(42)33(45)48-35(2,3)4)46-34(47-31(18)20-12-10-19(17-43)11-13-20)21-7-5-8-22(15-21)41-32(44)25-26(36)28(38)30(40)29(39)27(25)37/h5,7-8,10-13,15,18,23-24,31,34,43H,6,9,14,16-17H2,1-4H3,(H,41,44)/t18-,23-,24+,31+,34+/m0/s1. The molecule has 0 bridgehead atoms. The normalized spacial score (nSPS) is 23.2. The van der Waals surface area contributed by atoms with Crippen LogP contribution < -0.4 is 5.32 Å². The first-order valence-corrected chi connectivity index (χ1v) is 15.6. The van der Waals surface area contributed by atoms with Crippen LogP contribution in [0.25, 0.3) is 0 Å². The second-order valence-corrected chi connectivity index (χ2v) is 13.0. The van der Waals surface area contributed by atoms with Gasteiger partial charge in [0.2, 0.25) is 5.82 Å². The van der Waals surface area contributed by atoms with Gasteiger partial charge in [0.05, 0.1) is 18.8 Å². The molecule has 2 aliphatic rings. The molecule has 0 spiro atoms. The maximum absolute atomic E-state index is 14.3. The molecule has 13 heteroatoms. The van der Waals surface area contributed by atoms with Crippen molar-refractivity contribution in [3.05, 3.63) is 99.9 Å². The van der Waals surface area contributed by atoms with Crippen molar-refractivity contribution in [1.82, 2.24) is 4.90 Å². The van der Waals surface area contributed by atoms with Crippen molar-refractivity contribution in [2.24, 2.45) is 5.92 Å². The van der Waals surface area contributed by atoms with Gasteiger partial charge in [0, 0.05) is 23.7 Å².